The molecule has 0 radical (unpaired) electrons. The lowest BCUT2D eigenvalue weighted by Gasteiger charge is -2.30. The molecule has 55 heavy (non-hydrogen) atoms. The van der Waals surface area contributed by atoms with E-state index in [-0.39, 0.29) is 5.92 Å². The molecule has 0 atom stereocenters. The van der Waals surface area contributed by atoms with Crippen LogP contribution in [0.1, 0.15) is 48.3 Å². The molecule has 0 fully saturated rings. The molecule has 0 saturated carbocycles. The van der Waals surface area contributed by atoms with Gasteiger partial charge in [-0.1, -0.05) is 206 Å². The highest BCUT2D eigenvalue weighted by molar-refractivity contribution is 5.87. The molecule has 0 aliphatic heterocycles. The first kappa shape index (κ1) is 34.3. The Morgan fingerprint density at radius 3 is 1.25 bits per heavy atom. The van der Waals surface area contributed by atoms with Crippen molar-refractivity contribution in [1.29, 1.82) is 0 Å². The maximum absolute atomic E-state index is 2.55. The quantitative estimate of drug-likeness (QED) is 0.140. The zero-order valence-electron chi connectivity index (χ0n) is 31.1. The van der Waals surface area contributed by atoms with Crippen LogP contribution in [-0.4, -0.2) is 0 Å². The van der Waals surface area contributed by atoms with Crippen molar-refractivity contribution in [2.45, 2.75) is 31.6 Å². The van der Waals surface area contributed by atoms with Gasteiger partial charge in [-0.3, -0.25) is 0 Å². The van der Waals surface area contributed by atoms with E-state index in [0.29, 0.717) is 0 Å². The normalized spacial score (nSPS) is 14.1. The summed E-state index contributed by atoms with van der Waals surface area (Å²) in [6.07, 6.45) is 13.7. The molecule has 264 valence electrons. The van der Waals surface area contributed by atoms with Crippen molar-refractivity contribution in [1.82, 2.24) is 0 Å². The van der Waals surface area contributed by atoms with Crippen LogP contribution in [0.4, 0.5) is 0 Å². The van der Waals surface area contributed by atoms with Crippen molar-refractivity contribution in [2.75, 3.05) is 0 Å². The molecule has 0 heteroatoms. The molecule has 7 aromatic rings. The van der Waals surface area contributed by atoms with Crippen molar-refractivity contribution in [3.05, 3.63) is 246 Å². The second kappa shape index (κ2) is 15.8. The molecule has 0 saturated heterocycles. The Balaban J connectivity index is 1.29. The Bertz CT molecular complexity index is 2410. The average molecular weight is 705 g/mol. The van der Waals surface area contributed by atoms with Crippen molar-refractivity contribution >= 4 is 5.57 Å². The number of allylic oxidation sites excluding steroid dienone is 8. The van der Waals surface area contributed by atoms with E-state index in [1.54, 1.807) is 0 Å². The molecule has 7 aromatic carbocycles. The first-order valence-corrected chi connectivity index (χ1v) is 19.6. The number of benzene rings is 7. The number of rotatable bonds is 9. The van der Waals surface area contributed by atoms with Gasteiger partial charge in [0.15, 0.2) is 0 Å². The SMILES string of the molecule is C1=CCCC(C2=C(c3ccccc3)C=C(C(c3ccc(-c4ccccc4)c(-c4ccccc4)c3)c3ccc(-c4ccccc4)c(-c4ccccc4)c3)CC2)=C1. The van der Waals surface area contributed by atoms with E-state index >= 15 is 0 Å². The zero-order valence-corrected chi connectivity index (χ0v) is 31.1. The van der Waals surface area contributed by atoms with Crippen LogP contribution >= 0.6 is 0 Å². The molecule has 9 rings (SSSR count). The smallest absolute Gasteiger partial charge is 0.0302 e. The number of hydrogen-bond donors (Lipinski definition) is 0. The molecule has 0 spiro atoms. The van der Waals surface area contributed by atoms with Crippen LogP contribution in [0.25, 0.3) is 50.1 Å². The zero-order chi connectivity index (χ0) is 36.8. The topological polar surface area (TPSA) is 0 Å². The first-order chi connectivity index (χ1) is 27.3. The van der Waals surface area contributed by atoms with E-state index in [0.717, 1.165) is 25.7 Å². The molecule has 2 aliphatic carbocycles. The van der Waals surface area contributed by atoms with Gasteiger partial charge in [0.05, 0.1) is 0 Å². The van der Waals surface area contributed by atoms with E-state index < -0.39 is 0 Å². The van der Waals surface area contributed by atoms with E-state index in [9.17, 15) is 0 Å². The Morgan fingerprint density at radius 2 is 0.818 bits per heavy atom. The largest absolute Gasteiger partial charge is 0.0842 e. The first-order valence-electron chi connectivity index (χ1n) is 19.6. The van der Waals surface area contributed by atoms with Gasteiger partial charge in [0, 0.05) is 5.92 Å². The molecule has 2 aliphatic rings. The second-order valence-corrected chi connectivity index (χ2v) is 14.6. The fraction of sp³-hybridized carbons (Fsp3) is 0.0909. The van der Waals surface area contributed by atoms with Crippen LogP contribution in [0.2, 0.25) is 0 Å². The van der Waals surface area contributed by atoms with Gasteiger partial charge < -0.3 is 0 Å². The predicted octanol–water partition coefficient (Wildman–Crippen LogP) is 14.9. The lowest BCUT2D eigenvalue weighted by atomic mass is 9.74. The third-order valence-corrected chi connectivity index (χ3v) is 11.3. The Labute approximate surface area is 326 Å². The number of hydrogen-bond acceptors (Lipinski definition) is 0. The molecule has 0 unspecified atom stereocenters. The van der Waals surface area contributed by atoms with Crippen molar-refractivity contribution in [3.63, 3.8) is 0 Å². The lowest BCUT2D eigenvalue weighted by molar-refractivity contribution is 0.803. The van der Waals surface area contributed by atoms with Crippen LogP contribution in [0.3, 0.4) is 0 Å². The highest BCUT2D eigenvalue weighted by atomic mass is 14.3. The third-order valence-electron chi connectivity index (χ3n) is 11.3. The fourth-order valence-corrected chi connectivity index (χ4v) is 8.59. The van der Waals surface area contributed by atoms with Gasteiger partial charge in [0.1, 0.15) is 0 Å². The van der Waals surface area contributed by atoms with Crippen molar-refractivity contribution in [3.8, 4) is 44.5 Å². The van der Waals surface area contributed by atoms with Crippen LogP contribution in [-0.2, 0) is 0 Å². The summed E-state index contributed by atoms with van der Waals surface area (Å²) in [6.45, 7) is 0. The second-order valence-electron chi connectivity index (χ2n) is 14.6. The van der Waals surface area contributed by atoms with Gasteiger partial charge in [0.25, 0.3) is 0 Å². The van der Waals surface area contributed by atoms with Crippen LogP contribution in [0.5, 0.6) is 0 Å². The molecule has 0 nitrogen and oxygen atoms in total. The summed E-state index contributed by atoms with van der Waals surface area (Å²) in [5.74, 6) is 0.0556. The van der Waals surface area contributed by atoms with Gasteiger partial charge >= 0.3 is 0 Å². The molecule has 0 N–H and O–H groups in total. The monoisotopic (exact) mass is 704 g/mol. The summed E-state index contributed by atoms with van der Waals surface area (Å²) >= 11 is 0. The molecular formula is C55H44. The Morgan fingerprint density at radius 1 is 0.382 bits per heavy atom. The minimum Gasteiger partial charge on any atom is -0.0842 e. The average Bonchev–Trinajstić information content (AvgIpc) is 3.28. The maximum atomic E-state index is 2.55. The fourth-order valence-electron chi connectivity index (χ4n) is 8.59. The maximum Gasteiger partial charge on any atom is 0.0302 e. The third kappa shape index (κ3) is 7.25. The lowest BCUT2D eigenvalue weighted by Crippen LogP contribution is -2.11. The molecule has 0 amide bonds. The van der Waals surface area contributed by atoms with E-state index in [2.05, 4.69) is 212 Å². The molecule has 0 aromatic heterocycles. The molecule has 0 heterocycles. The Hall–Kier alpha value is -6.50. The van der Waals surface area contributed by atoms with E-state index in [4.69, 9.17) is 0 Å². The summed E-state index contributed by atoms with van der Waals surface area (Å²) in [6, 6.07) is 69.0. The van der Waals surface area contributed by atoms with Gasteiger partial charge in [-0.2, -0.15) is 0 Å². The highest BCUT2D eigenvalue weighted by Gasteiger charge is 2.27. The minimum atomic E-state index is 0.0556. The molecule has 0 bridgehead atoms. The van der Waals surface area contributed by atoms with E-state index in [1.165, 1.54) is 83.5 Å². The van der Waals surface area contributed by atoms with Gasteiger partial charge in [0.2, 0.25) is 0 Å². The van der Waals surface area contributed by atoms with Gasteiger partial charge in [-0.15, -0.1) is 0 Å². The van der Waals surface area contributed by atoms with Crippen molar-refractivity contribution in [2.24, 2.45) is 0 Å². The summed E-state index contributed by atoms with van der Waals surface area (Å²) in [4.78, 5) is 0. The standard InChI is InChI=1S/C55H44/c1-7-19-40(20-8-1)49-34-31-46(37-52(49)43-25-13-4-14-26-43)55(47-32-35-50(41-21-9-2-10-22-41)53(38-47)44-27-15-5-16-28-44)48-33-36-51(42-23-11-3-12-24-42)54(39-48)45-29-17-6-18-30-45/h1-11,13-23,25-32,34-35,37-39,55H,12,24,33,36H2. The van der Waals surface area contributed by atoms with Gasteiger partial charge in [-0.25, -0.2) is 0 Å². The van der Waals surface area contributed by atoms with Gasteiger partial charge in [-0.05, 0) is 116 Å². The Kier molecular flexibility index (Phi) is 9.88. The summed E-state index contributed by atoms with van der Waals surface area (Å²) < 4.78 is 0. The molecular weight excluding hydrogens is 661 g/mol. The van der Waals surface area contributed by atoms with Crippen LogP contribution in [0, 0.1) is 0 Å². The van der Waals surface area contributed by atoms with Crippen molar-refractivity contribution < 1.29 is 0 Å². The summed E-state index contributed by atoms with van der Waals surface area (Å²) in [7, 11) is 0. The summed E-state index contributed by atoms with van der Waals surface area (Å²) in [5.41, 5.74) is 19.6. The minimum absolute atomic E-state index is 0.0556. The highest BCUT2D eigenvalue weighted by Crippen LogP contribution is 2.47. The van der Waals surface area contributed by atoms with E-state index in [1.807, 2.05) is 0 Å². The van der Waals surface area contributed by atoms with Crippen LogP contribution < -0.4 is 0 Å². The summed E-state index contributed by atoms with van der Waals surface area (Å²) in [5, 5.41) is 0. The predicted molar refractivity (Wildman–Crippen MR) is 234 cm³/mol. The van der Waals surface area contributed by atoms with Crippen LogP contribution in [0.15, 0.2) is 229 Å².